The second-order valence-electron chi connectivity index (χ2n) is 6.29. The number of nitrogens with zero attached hydrogens (tertiary/aromatic N) is 3. The third kappa shape index (κ3) is 2.48. The monoisotopic (exact) mass is 333 g/mol. The maximum atomic E-state index is 13.0. The van der Waals surface area contributed by atoms with Gasteiger partial charge in [-0.25, -0.2) is 0 Å². The predicted molar refractivity (Wildman–Crippen MR) is 96.9 cm³/mol. The van der Waals surface area contributed by atoms with Crippen molar-refractivity contribution >= 4 is 11.6 Å². The highest BCUT2D eigenvalue weighted by atomic mass is 16.5. The van der Waals surface area contributed by atoms with Crippen molar-refractivity contribution in [2.24, 2.45) is 7.05 Å². The second-order valence-corrected chi connectivity index (χ2v) is 6.29. The van der Waals surface area contributed by atoms with Gasteiger partial charge in [-0.3, -0.25) is 9.48 Å². The Morgan fingerprint density at radius 2 is 2.00 bits per heavy atom. The minimum atomic E-state index is -0.134. The first-order chi connectivity index (χ1) is 12.1. The van der Waals surface area contributed by atoms with Crippen LogP contribution in [0.5, 0.6) is 5.75 Å². The van der Waals surface area contributed by atoms with Gasteiger partial charge in [0.15, 0.2) is 5.69 Å². The van der Waals surface area contributed by atoms with Gasteiger partial charge in [0.25, 0.3) is 5.91 Å². The molecule has 0 atom stereocenters. The molecule has 1 aliphatic rings. The van der Waals surface area contributed by atoms with E-state index >= 15 is 0 Å². The summed E-state index contributed by atoms with van der Waals surface area (Å²) in [5.74, 6) is 0.689. The second kappa shape index (κ2) is 5.77. The number of fused-ring (bicyclic) bond motifs is 3. The van der Waals surface area contributed by atoms with Crippen molar-refractivity contribution in [3.63, 3.8) is 0 Å². The summed E-state index contributed by atoms with van der Waals surface area (Å²) in [5.41, 5.74) is 5.15. The van der Waals surface area contributed by atoms with E-state index in [1.165, 1.54) is 0 Å². The van der Waals surface area contributed by atoms with Crippen molar-refractivity contribution in [1.29, 1.82) is 0 Å². The Kier molecular flexibility index (Phi) is 3.57. The molecule has 5 heteroatoms. The first-order valence-electron chi connectivity index (χ1n) is 8.19. The molecule has 0 radical (unpaired) electrons. The number of aryl methyl sites for hydroxylation is 2. The van der Waals surface area contributed by atoms with Gasteiger partial charge >= 0.3 is 0 Å². The summed E-state index contributed by atoms with van der Waals surface area (Å²) in [5, 5.41) is 4.51. The maximum absolute atomic E-state index is 13.0. The smallest absolute Gasteiger partial charge is 0.278 e. The van der Waals surface area contributed by atoms with Crippen LogP contribution in [-0.4, -0.2) is 22.7 Å². The van der Waals surface area contributed by atoms with Crippen LogP contribution in [-0.2, 0) is 13.7 Å². The molecule has 0 fully saturated rings. The molecule has 0 aliphatic carbocycles. The van der Waals surface area contributed by atoms with Gasteiger partial charge in [-0.2, -0.15) is 5.10 Å². The molecule has 1 aromatic heterocycles. The van der Waals surface area contributed by atoms with Crippen LogP contribution in [0.2, 0.25) is 0 Å². The van der Waals surface area contributed by atoms with Crippen molar-refractivity contribution in [3.05, 3.63) is 65.4 Å². The molecule has 126 valence electrons. The summed E-state index contributed by atoms with van der Waals surface area (Å²) < 4.78 is 7.61. The van der Waals surface area contributed by atoms with Crippen molar-refractivity contribution in [1.82, 2.24) is 9.78 Å². The largest absolute Gasteiger partial charge is 0.488 e. The van der Waals surface area contributed by atoms with Gasteiger partial charge < -0.3 is 9.64 Å². The van der Waals surface area contributed by atoms with E-state index in [4.69, 9.17) is 4.74 Å². The molecule has 1 aliphatic heterocycles. The molecular weight excluding hydrogens is 314 g/mol. The number of amides is 1. The Hall–Kier alpha value is -3.08. The SMILES string of the molecule is Cc1cccc(N(C)C(=O)c2nn(C)c3c2COc2ccccc2-3)c1. The standard InChI is InChI=1S/C20H19N3O2/c1-13-7-6-8-14(11-13)22(2)20(24)18-16-12-25-17-10-5-4-9-15(17)19(16)23(3)21-18/h4-11H,12H2,1-3H3. The number of ether oxygens (including phenoxy) is 1. The summed E-state index contributed by atoms with van der Waals surface area (Å²) in [7, 11) is 3.64. The third-order valence-electron chi connectivity index (χ3n) is 4.56. The molecule has 0 saturated heterocycles. The van der Waals surface area contributed by atoms with Crippen molar-refractivity contribution < 1.29 is 9.53 Å². The Morgan fingerprint density at radius 3 is 2.80 bits per heavy atom. The average Bonchev–Trinajstić information content (AvgIpc) is 2.97. The van der Waals surface area contributed by atoms with E-state index in [0.29, 0.717) is 12.3 Å². The van der Waals surface area contributed by atoms with Gasteiger partial charge in [-0.1, -0.05) is 24.3 Å². The van der Waals surface area contributed by atoms with Crippen LogP contribution in [0, 0.1) is 6.92 Å². The molecule has 0 unspecified atom stereocenters. The maximum Gasteiger partial charge on any atom is 0.278 e. The molecule has 0 saturated carbocycles. The van der Waals surface area contributed by atoms with Crippen LogP contribution < -0.4 is 9.64 Å². The van der Waals surface area contributed by atoms with E-state index in [1.54, 1.807) is 16.6 Å². The van der Waals surface area contributed by atoms with Crippen LogP contribution in [0.3, 0.4) is 0 Å². The number of benzene rings is 2. The van der Waals surface area contributed by atoms with E-state index < -0.39 is 0 Å². The highest BCUT2D eigenvalue weighted by molar-refractivity contribution is 6.06. The topological polar surface area (TPSA) is 47.4 Å². The van der Waals surface area contributed by atoms with E-state index in [0.717, 1.165) is 33.8 Å². The third-order valence-corrected chi connectivity index (χ3v) is 4.56. The molecule has 25 heavy (non-hydrogen) atoms. The molecule has 1 amide bonds. The molecule has 3 aromatic rings. The van der Waals surface area contributed by atoms with Gasteiger partial charge in [-0.15, -0.1) is 0 Å². The van der Waals surface area contributed by atoms with Gasteiger partial charge in [-0.05, 0) is 36.8 Å². The molecule has 5 nitrogen and oxygen atoms in total. The van der Waals surface area contributed by atoms with Crippen molar-refractivity contribution in [2.75, 3.05) is 11.9 Å². The first-order valence-corrected chi connectivity index (χ1v) is 8.19. The Balaban J connectivity index is 1.77. The number of carbonyl (C=O) groups excluding carboxylic acids is 1. The van der Waals surface area contributed by atoms with E-state index in [2.05, 4.69) is 5.10 Å². The molecule has 0 bridgehead atoms. The summed E-state index contributed by atoms with van der Waals surface area (Å²) in [4.78, 5) is 14.7. The van der Waals surface area contributed by atoms with Crippen LogP contribution in [0.15, 0.2) is 48.5 Å². The fourth-order valence-electron chi connectivity index (χ4n) is 3.26. The predicted octanol–water partition coefficient (Wildman–Crippen LogP) is 3.56. The van der Waals surface area contributed by atoms with Crippen LogP contribution in [0.1, 0.15) is 21.6 Å². The van der Waals surface area contributed by atoms with E-state index in [-0.39, 0.29) is 5.91 Å². The molecular formula is C20H19N3O2. The molecule has 2 aromatic carbocycles. The summed E-state index contributed by atoms with van der Waals surface area (Å²) in [6, 6.07) is 15.7. The highest BCUT2D eigenvalue weighted by Gasteiger charge is 2.29. The van der Waals surface area contributed by atoms with Gasteiger partial charge in [0, 0.05) is 30.9 Å². The number of carbonyl (C=O) groups is 1. The molecule has 0 spiro atoms. The lowest BCUT2D eigenvalue weighted by Crippen LogP contribution is -2.28. The van der Waals surface area contributed by atoms with Gasteiger partial charge in [0.2, 0.25) is 0 Å². The lowest BCUT2D eigenvalue weighted by molar-refractivity contribution is 0.0985. The zero-order valence-corrected chi connectivity index (χ0v) is 14.5. The lowest BCUT2D eigenvalue weighted by atomic mass is 10.0. The number of para-hydroxylation sites is 1. The minimum Gasteiger partial charge on any atom is -0.488 e. The van der Waals surface area contributed by atoms with Gasteiger partial charge in [0.05, 0.1) is 5.69 Å². The van der Waals surface area contributed by atoms with Crippen molar-refractivity contribution in [2.45, 2.75) is 13.5 Å². The minimum absolute atomic E-state index is 0.134. The molecule has 0 N–H and O–H groups in total. The Bertz CT molecular complexity index is 975. The Labute approximate surface area is 146 Å². The number of rotatable bonds is 2. The molecule has 4 rings (SSSR count). The zero-order valence-electron chi connectivity index (χ0n) is 14.5. The number of hydrogen-bond donors (Lipinski definition) is 0. The quantitative estimate of drug-likeness (QED) is 0.720. The average molecular weight is 333 g/mol. The fourth-order valence-corrected chi connectivity index (χ4v) is 3.26. The number of hydrogen-bond acceptors (Lipinski definition) is 3. The first kappa shape index (κ1) is 15.4. The normalized spacial score (nSPS) is 12.1. The fraction of sp³-hybridized carbons (Fsp3) is 0.200. The van der Waals surface area contributed by atoms with Crippen LogP contribution in [0.4, 0.5) is 5.69 Å². The van der Waals surface area contributed by atoms with E-state index in [9.17, 15) is 4.79 Å². The van der Waals surface area contributed by atoms with Crippen molar-refractivity contribution in [3.8, 4) is 17.0 Å². The van der Waals surface area contributed by atoms with Gasteiger partial charge in [0.1, 0.15) is 12.4 Å². The summed E-state index contributed by atoms with van der Waals surface area (Å²) in [6.45, 7) is 2.36. The Morgan fingerprint density at radius 1 is 1.20 bits per heavy atom. The summed E-state index contributed by atoms with van der Waals surface area (Å²) in [6.07, 6.45) is 0. The number of anilines is 1. The lowest BCUT2D eigenvalue weighted by Gasteiger charge is -2.20. The van der Waals surface area contributed by atoms with Crippen LogP contribution >= 0.6 is 0 Å². The zero-order chi connectivity index (χ0) is 17.6. The number of aromatic nitrogens is 2. The summed E-state index contributed by atoms with van der Waals surface area (Å²) >= 11 is 0. The van der Waals surface area contributed by atoms with Crippen LogP contribution in [0.25, 0.3) is 11.3 Å². The highest BCUT2D eigenvalue weighted by Crippen LogP contribution is 2.38. The molecule has 2 heterocycles. The van der Waals surface area contributed by atoms with E-state index in [1.807, 2.05) is 62.5 Å².